The van der Waals surface area contributed by atoms with E-state index in [4.69, 9.17) is 4.74 Å². The summed E-state index contributed by atoms with van der Waals surface area (Å²) in [6.07, 6.45) is 0.383. The number of methoxy groups -OCH3 is 1. The van der Waals surface area contributed by atoms with Crippen molar-refractivity contribution in [1.29, 1.82) is 0 Å². The van der Waals surface area contributed by atoms with Crippen LogP contribution in [0, 0.1) is 13.8 Å². The number of nitrogens with one attached hydrogen (secondary N) is 1. The van der Waals surface area contributed by atoms with Crippen LogP contribution in [0.25, 0.3) is 0 Å². The van der Waals surface area contributed by atoms with Gasteiger partial charge in [0.05, 0.1) is 7.11 Å². The van der Waals surface area contributed by atoms with Crippen molar-refractivity contribution in [2.45, 2.75) is 52.5 Å². The minimum Gasteiger partial charge on any atom is -0.467 e. The lowest BCUT2D eigenvalue weighted by Crippen LogP contribution is -2.43. The molecular formula is C23H29NO3. The standard InChI is InChI=1S/C23H29NO3/c1-15-11-16(2)13-18(12-15)21(25)24-20(22(26)27-6)14-17-7-9-19(10-8-17)23(3,4)5/h7-13,20H,14H2,1-6H3,(H,24,25)/t20-/m1/s1. The Morgan fingerprint density at radius 3 is 2.04 bits per heavy atom. The lowest BCUT2D eigenvalue weighted by atomic mass is 9.86. The molecule has 144 valence electrons. The van der Waals surface area contributed by atoms with Crippen molar-refractivity contribution in [2.24, 2.45) is 0 Å². The Bertz CT molecular complexity index is 796. The van der Waals surface area contributed by atoms with E-state index in [1.807, 2.05) is 44.2 Å². The van der Waals surface area contributed by atoms with E-state index in [-0.39, 0.29) is 11.3 Å². The normalized spacial score (nSPS) is 12.4. The van der Waals surface area contributed by atoms with Crippen molar-refractivity contribution < 1.29 is 14.3 Å². The first-order chi connectivity index (χ1) is 12.6. The van der Waals surface area contributed by atoms with Gasteiger partial charge in [-0.15, -0.1) is 0 Å². The summed E-state index contributed by atoms with van der Waals surface area (Å²) in [5, 5.41) is 2.82. The molecule has 2 rings (SSSR count). The van der Waals surface area contributed by atoms with E-state index in [9.17, 15) is 9.59 Å². The van der Waals surface area contributed by atoms with Crippen LogP contribution in [-0.4, -0.2) is 25.0 Å². The number of hydrogen-bond donors (Lipinski definition) is 1. The molecule has 0 aliphatic heterocycles. The van der Waals surface area contributed by atoms with Crippen LogP contribution in [0.3, 0.4) is 0 Å². The number of carbonyl (C=O) groups is 2. The summed E-state index contributed by atoms with van der Waals surface area (Å²) in [4.78, 5) is 24.8. The highest BCUT2D eigenvalue weighted by atomic mass is 16.5. The van der Waals surface area contributed by atoms with E-state index >= 15 is 0 Å². The number of ether oxygens (including phenoxy) is 1. The molecule has 0 aromatic heterocycles. The quantitative estimate of drug-likeness (QED) is 0.809. The van der Waals surface area contributed by atoms with E-state index in [1.54, 1.807) is 0 Å². The van der Waals surface area contributed by atoms with Crippen LogP contribution in [0.5, 0.6) is 0 Å². The predicted molar refractivity (Wildman–Crippen MR) is 108 cm³/mol. The first-order valence-electron chi connectivity index (χ1n) is 9.16. The number of esters is 1. The molecule has 2 aromatic rings. The summed E-state index contributed by atoms with van der Waals surface area (Å²) in [5.41, 5.74) is 4.82. The van der Waals surface area contributed by atoms with Crippen LogP contribution in [0.2, 0.25) is 0 Å². The van der Waals surface area contributed by atoms with E-state index in [1.165, 1.54) is 12.7 Å². The molecule has 0 heterocycles. The Balaban J connectivity index is 2.18. The SMILES string of the molecule is COC(=O)[C@@H](Cc1ccc(C(C)(C)C)cc1)NC(=O)c1cc(C)cc(C)c1. The van der Waals surface area contributed by atoms with Gasteiger partial charge >= 0.3 is 5.97 Å². The second-order valence-electron chi connectivity index (χ2n) is 8.08. The van der Waals surface area contributed by atoms with E-state index in [0.29, 0.717) is 12.0 Å². The Kier molecular flexibility index (Phi) is 6.42. The van der Waals surface area contributed by atoms with Crippen LogP contribution in [0.1, 0.15) is 53.4 Å². The average Bonchev–Trinajstić information content (AvgIpc) is 2.59. The van der Waals surface area contributed by atoms with Crippen LogP contribution < -0.4 is 5.32 Å². The Labute approximate surface area is 161 Å². The largest absolute Gasteiger partial charge is 0.467 e. The fourth-order valence-electron chi connectivity index (χ4n) is 3.06. The predicted octanol–water partition coefficient (Wildman–Crippen LogP) is 4.12. The lowest BCUT2D eigenvalue weighted by molar-refractivity contribution is -0.142. The number of benzene rings is 2. The maximum absolute atomic E-state index is 12.6. The molecule has 1 amide bonds. The molecule has 2 aromatic carbocycles. The third-order valence-electron chi connectivity index (χ3n) is 4.53. The molecule has 27 heavy (non-hydrogen) atoms. The Morgan fingerprint density at radius 1 is 1.00 bits per heavy atom. The molecule has 0 aliphatic carbocycles. The van der Waals surface area contributed by atoms with Crippen molar-refractivity contribution >= 4 is 11.9 Å². The minimum absolute atomic E-state index is 0.0670. The monoisotopic (exact) mass is 367 g/mol. The fraction of sp³-hybridized carbons (Fsp3) is 0.391. The van der Waals surface area contributed by atoms with Crippen molar-refractivity contribution in [2.75, 3.05) is 7.11 Å². The molecule has 1 N–H and O–H groups in total. The highest BCUT2D eigenvalue weighted by Crippen LogP contribution is 2.22. The molecule has 0 bridgehead atoms. The zero-order valence-electron chi connectivity index (χ0n) is 17.1. The number of aryl methyl sites for hydroxylation is 2. The zero-order chi connectivity index (χ0) is 20.2. The molecule has 0 fully saturated rings. The van der Waals surface area contributed by atoms with Gasteiger partial charge in [-0.25, -0.2) is 4.79 Å². The highest BCUT2D eigenvalue weighted by Gasteiger charge is 2.23. The van der Waals surface area contributed by atoms with Crippen molar-refractivity contribution in [3.05, 3.63) is 70.3 Å². The van der Waals surface area contributed by atoms with Gasteiger partial charge in [-0.05, 0) is 42.5 Å². The molecule has 0 aliphatic rings. The Morgan fingerprint density at radius 2 is 1.56 bits per heavy atom. The summed E-state index contributed by atoms with van der Waals surface area (Å²) in [6.45, 7) is 10.4. The molecule has 1 atom stereocenters. The maximum atomic E-state index is 12.6. The summed E-state index contributed by atoms with van der Waals surface area (Å²) in [5.74, 6) is -0.726. The summed E-state index contributed by atoms with van der Waals surface area (Å²) >= 11 is 0. The van der Waals surface area contributed by atoms with Gasteiger partial charge in [0.1, 0.15) is 6.04 Å². The van der Waals surface area contributed by atoms with Gasteiger partial charge in [0.2, 0.25) is 0 Å². The van der Waals surface area contributed by atoms with Crippen molar-refractivity contribution in [1.82, 2.24) is 5.32 Å². The summed E-state index contributed by atoms with van der Waals surface area (Å²) in [7, 11) is 1.33. The molecule has 4 heteroatoms. The van der Waals surface area contributed by atoms with Gasteiger partial charge in [-0.2, -0.15) is 0 Å². The summed E-state index contributed by atoms with van der Waals surface area (Å²) < 4.78 is 4.89. The third-order valence-corrected chi connectivity index (χ3v) is 4.53. The van der Waals surface area contributed by atoms with E-state index in [2.05, 4.69) is 38.2 Å². The van der Waals surface area contributed by atoms with E-state index in [0.717, 1.165) is 16.7 Å². The second kappa shape index (κ2) is 8.38. The van der Waals surface area contributed by atoms with Gasteiger partial charge in [0, 0.05) is 12.0 Å². The molecular weight excluding hydrogens is 338 g/mol. The highest BCUT2D eigenvalue weighted by molar-refractivity contribution is 5.97. The lowest BCUT2D eigenvalue weighted by Gasteiger charge is -2.20. The molecule has 0 saturated carbocycles. The van der Waals surface area contributed by atoms with Gasteiger partial charge in [0.15, 0.2) is 0 Å². The van der Waals surface area contributed by atoms with Crippen LogP contribution in [0.15, 0.2) is 42.5 Å². The topological polar surface area (TPSA) is 55.4 Å². The van der Waals surface area contributed by atoms with Gasteiger partial charge in [-0.3, -0.25) is 4.79 Å². The first-order valence-corrected chi connectivity index (χ1v) is 9.16. The van der Waals surface area contributed by atoms with Crippen LogP contribution in [0.4, 0.5) is 0 Å². The van der Waals surface area contributed by atoms with Crippen LogP contribution >= 0.6 is 0 Å². The summed E-state index contributed by atoms with van der Waals surface area (Å²) in [6, 6.07) is 13.0. The number of amides is 1. The second-order valence-corrected chi connectivity index (χ2v) is 8.08. The third kappa shape index (κ3) is 5.68. The number of hydrogen-bond acceptors (Lipinski definition) is 3. The first kappa shape index (κ1) is 20.7. The Hall–Kier alpha value is -2.62. The zero-order valence-corrected chi connectivity index (χ0v) is 17.1. The van der Waals surface area contributed by atoms with Crippen LogP contribution in [-0.2, 0) is 21.4 Å². The van der Waals surface area contributed by atoms with Gasteiger partial charge in [0.25, 0.3) is 5.91 Å². The molecule has 0 unspecified atom stereocenters. The maximum Gasteiger partial charge on any atom is 0.328 e. The van der Waals surface area contributed by atoms with Gasteiger partial charge in [-0.1, -0.05) is 62.2 Å². The van der Waals surface area contributed by atoms with E-state index < -0.39 is 12.0 Å². The van der Waals surface area contributed by atoms with Gasteiger partial charge < -0.3 is 10.1 Å². The average molecular weight is 367 g/mol. The molecule has 0 saturated heterocycles. The fourth-order valence-corrected chi connectivity index (χ4v) is 3.06. The molecule has 0 spiro atoms. The van der Waals surface area contributed by atoms with Crippen molar-refractivity contribution in [3.63, 3.8) is 0 Å². The number of carbonyl (C=O) groups excluding carboxylic acids is 2. The van der Waals surface area contributed by atoms with Crippen molar-refractivity contribution in [3.8, 4) is 0 Å². The minimum atomic E-state index is -0.733. The molecule has 4 nitrogen and oxygen atoms in total. The molecule has 0 radical (unpaired) electrons. The number of rotatable bonds is 5. The smallest absolute Gasteiger partial charge is 0.328 e.